The van der Waals surface area contributed by atoms with Gasteiger partial charge in [-0.15, -0.1) is 21.5 Å². The first-order chi connectivity index (χ1) is 12.3. The Hall–Kier alpha value is -2.45. The lowest BCUT2D eigenvalue weighted by molar-refractivity contribution is 0.418. The number of oxazole rings is 1. The van der Waals surface area contributed by atoms with Gasteiger partial charge in [-0.3, -0.25) is 0 Å². The summed E-state index contributed by atoms with van der Waals surface area (Å²) in [5.74, 6) is 2.47. The smallest absolute Gasteiger partial charge is 0.277 e. The molecule has 126 valence electrons. The minimum atomic E-state index is 0.501. The highest BCUT2D eigenvalue weighted by Gasteiger charge is 2.12. The van der Waals surface area contributed by atoms with E-state index in [1.165, 1.54) is 11.8 Å². The predicted octanol–water partition coefficient (Wildman–Crippen LogP) is 4.37. The van der Waals surface area contributed by atoms with Gasteiger partial charge in [-0.2, -0.15) is 0 Å². The molecule has 0 fully saturated rings. The van der Waals surface area contributed by atoms with Gasteiger partial charge in [0.1, 0.15) is 0 Å². The van der Waals surface area contributed by atoms with E-state index in [9.17, 15) is 0 Å². The summed E-state index contributed by atoms with van der Waals surface area (Å²) < 4.78 is 11.4. The van der Waals surface area contributed by atoms with Crippen LogP contribution in [0.5, 0.6) is 0 Å². The van der Waals surface area contributed by atoms with Gasteiger partial charge in [0.05, 0.1) is 29.1 Å². The number of thiazole rings is 1. The summed E-state index contributed by atoms with van der Waals surface area (Å²) in [5.41, 5.74) is 1.95. The van der Waals surface area contributed by atoms with Crippen molar-refractivity contribution < 1.29 is 8.83 Å². The summed E-state index contributed by atoms with van der Waals surface area (Å²) in [4.78, 5) is 8.70. The molecule has 0 amide bonds. The van der Waals surface area contributed by atoms with Crippen LogP contribution in [0.15, 0.2) is 56.0 Å². The molecule has 0 unspecified atom stereocenters. The van der Waals surface area contributed by atoms with Crippen LogP contribution < -0.4 is 0 Å². The van der Waals surface area contributed by atoms with Gasteiger partial charge < -0.3 is 8.83 Å². The monoisotopic (exact) mass is 370 g/mol. The lowest BCUT2D eigenvalue weighted by Gasteiger charge is -1.94. The Bertz CT molecular complexity index is 962. The largest absolute Gasteiger partial charge is 0.440 e. The van der Waals surface area contributed by atoms with Gasteiger partial charge in [-0.25, -0.2) is 9.97 Å². The van der Waals surface area contributed by atoms with Crippen LogP contribution in [0.1, 0.15) is 22.5 Å². The van der Waals surface area contributed by atoms with Crippen molar-refractivity contribution >= 4 is 23.1 Å². The average molecular weight is 370 g/mol. The molecule has 0 N–H and O–H groups in total. The number of nitrogens with zero attached hydrogens (tertiary/aromatic N) is 4. The number of hydrogen-bond acceptors (Lipinski definition) is 8. The second kappa shape index (κ2) is 7.20. The van der Waals surface area contributed by atoms with Gasteiger partial charge in [-0.1, -0.05) is 42.1 Å². The van der Waals surface area contributed by atoms with Crippen LogP contribution in [0.25, 0.3) is 11.3 Å². The molecule has 0 aliphatic heterocycles. The van der Waals surface area contributed by atoms with Crippen molar-refractivity contribution in [3.05, 3.63) is 64.4 Å². The molecule has 0 saturated heterocycles. The van der Waals surface area contributed by atoms with Gasteiger partial charge in [0.15, 0.2) is 5.76 Å². The zero-order chi connectivity index (χ0) is 17.1. The SMILES string of the molecule is Cc1nc(Cc2nnc(SCc3ncc(-c4ccccc4)o3)o2)cs1. The zero-order valence-electron chi connectivity index (χ0n) is 13.4. The van der Waals surface area contributed by atoms with E-state index in [1.807, 2.05) is 42.6 Å². The molecule has 0 saturated carbocycles. The summed E-state index contributed by atoms with van der Waals surface area (Å²) in [5, 5.41) is 11.6. The number of aryl methyl sites for hydroxylation is 1. The van der Waals surface area contributed by atoms with Gasteiger partial charge >= 0.3 is 0 Å². The highest BCUT2D eigenvalue weighted by atomic mass is 32.2. The Morgan fingerprint density at radius 3 is 2.76 bits per heavy atom. The van der Waals surface area contributed by atoms with E-state index in [1.54, 1.807) is 17.5 Å². The molecule has 0 aliphatic rings. The van der Waals surface area contributed by atoms with E-state index in [0.717, 1.165) is 22.0 Å². The molecule has 3 aromatic heterocycles. The van der Waals surface area contributed by atoms with Gasteiger partial charge in [-0.05, 0) is 6.92 Å². The van der Waals surface area contributed by atoms with Crippen molar-refractivity contribution in [1.29, 1.82) is 0 Å². The molecule has 4 aromatic rings. The standard InChI is InChI=1S/C17H14N4O2S2/c1-11-19-13(9-24-11)7-15-20-21-17(23-15)25-10-16-18-8-14(22-16)12-5-3-2-4-6-12/h2-6,8-9H,7,10H2,1H3. The Morgan fingerprint density at radius 2 is 1.96 bits per heavy atom. The van der Waals surface area contributed by atoms with Crippen LogP contribution in [-0.2, 0) is 12.2 Å². The van der Waals surface area contributed by atoms with Crippen LogP contribution in [-0.4, -0.2) is 20.2 Å². The molecule has 0 spiro atoms. The lowest BCUT2D eigenvalue weighted by Crippen LogP contribution is -1.88. The summed E-state index contributed by atoms with van der Waals surface area (Å²) in [6.07, 6.45) is 2.28. The first-order valence-corrected chi connectivity index (χ1v) is 9.49. The minimum Gasteiger partial charge on any atom is -0.440 e. The molecule has 0 bridgehead atoms. The van der Waals surface area contributed by atoms with Crippen molar-refractivity contribution in [3.63, 3.8) is 0 Å². The molecular weight excluding hydrogens is 356 g/mol. The maximum Gasteiger partial charge on any atom is 0.277 e. The number of aromatic nitrogens is 4. The number of thioether (sulfide) groups is 1. The maximum absolute atomic E-state index is 5.77. The first-order valence-electron chi connectivity index (χ1n) is 7.62. The van der Waals surface area contributed by atoms with Gasteiger partial charge in [0, 0.05) is 10.9 Å². The maximum atomic E-state index is 5.77. The van der Waals surface area contributed by atoms with Gasteiger partial charge in [0.2, 0.25) is 11.8 Å². The van der Waals surface area contributed by atoms with E-state index in [0.29, 0.717) is 29.2 Å². The first kappa shape index (κ1) is 16.0. The lowest BCUT2D eigenvalue weighted by atomic mass is 10.2. The van der Waals surface area contributed by atoms with E-state index >= 15 is 0 Å². The molecule has 8 heteroatoms. The van der Waals surface area contributed by atoms with E-state index < -0.39 is 0 Å². The van der Waals surface area contributed by atoms with Crippen LogP contribution in [0, 0.1) is 6.92 Å². The van der Waals surface area contributed by atoms with E-state index in [4.69, 9.17) is 8.83 Å². The molecule has 3 heterocycles. The molecule has 4 rings (SSSR count). The summed E-state index contributed by atoms with van der Waals surface area (Å²) in [6, 6.07) is 9.88. The second-order valence-corrected chi connectivity index (χ2v) is 7.26. The van der Waals surface area contributed by atoms with Crippen LogP contribution >= 0.6 is 23.1 Å². The fourth-order valence-electron chi connectivity index (χ4n) is 2.25. The Morgan fingerprint density at radius 1 is 1.08 bits per heavy atom. The normalized spacial score (nSPS) is 11.1. The van der Waals surface area contributed by atoms with E-state index in [-0.39, 0.29) is 0 Å². The number of rotatable bonds is 6. The Kier molecular flexibility index (Phi) is 4.62. The molecule has 0 aliphatic carbocycles. The minimum absolute atomic E-state index is 0.501. The third kappa shape index (κ3) is 3.97. The molecule has 1 aromatic carbocycles. The highest BCUT2D eigenvalue weighted by Crippen LogP contribution is 2.25. The second-order valence-electron chi connectivity index (χ2n) is 5.27. The van der Waals surface area contributed by atoms with Crippen LogP contribution in [0.2, 0.25) is 0 Å². The highest BCUT2D eigenvalue weighted by molar-refractivity contribution is 7.98. The van der Waals surface area contributed by atoms with Crippen LogP contribution in [0.3, 0.4) is 0 Å². The molecule has 25 heavy (non-hydrogen) atoms. The molecule has 0 radical (unpaired) electrons. The molecular formula is C17H14N4O2S2. The van der Waals surface area contributed by atoms with Crippen molar-refractivity contribution in [3.8, 4) is 11.3 Å². The summed E-state index contributed by atoms with van der Waals surface area (Å²) >= 11 is 3.02. The quantitative estimate of drug-likeness (QED) is 0.466. The Labute approximate surface area is 152 Å². The molecule has 6 nitrogen and oxygen atoms in total. The average Bonchev–Trinajstić information content (AvgIpc) is 3.36. The van der Waals surface area contributed by atoms with Gasteiger partial charge in [0.25, 0.3) is 5.22 Å². The third-order valence-corrected chi connectivity index (χ3v) is 5.00. The van der Waals surface area contributed by atoms with E-state index in [2.05, 4.69) is 20.2 Å². The van der Waals surface area contributed by atoms with Crippen molar-refractivity contribution in [2.75, 3.05) is 0 Å². The van der Waals surface area contributed by atoms with Crippen molar-refractivity contribution in [2.45, 2.75) is 24.3 Å². The van der Waals surface area contributed by atoms with Crippen molar-refractivity contribution in [1.82, 2.24) is 20.2 Å². The van der Waals surface area contributed by atoms with Crippen molar-refractivity contribution in [2.24, 2.45) is 0 Å². The fourth-order valence-corrected chi connectivity index (χ4v) is 3.50. The summed E-state index contributed by atoms with van der Waals surface area (Å²) in [6.45, 7) is 1.98. The zero-order valence-corrected chi connectivity index (χ0v) is 15.0. The van der Waals surface area contributed by atoms with Crippen LogP contribution in [0.4, 0.5) is 0 Å². The third-order valence-electron chi connectivity index (χ3n) is 3.38. The molecule has 0 atom stereocenters. The number of benzene rings is 1. The predicted molar refractivity (Wildman–Crippen MR) is 95.5 cm³/mol. The Balaban J connectivity index is 1.37. The fraction of sp³-hybridized carbons (Fsp3) is 0.176. The number of hydrogen-bond donors (Lipinski definition) is 0. The topological polar surface area (TPSA) is 77.8 Å². The summed E-state index contributed by atoms with van der Waals surface area (Å²) in [7, 11) is 0.